The third kappa shape index (κ3) is 6.40. The molecule has 2 atom stereocenters. The number of carbonyl (C=O) groups excluding carboxylic acids is 2. The number of ether oxygens (including phenoxy) is 1. The maximum absolute atomic E-state index is 11.3. The predicted molar refractivity (Wildman–Crippen MR) is 61.4 cm³/mol. The zero-order valence-corrected chi connectivity index (χ0v) is 10.2. The van der Waals surface area contributed by atoms with Gasteiger partial charge >= 0.3 is 5.97 Å². The highest BCUT2D eigenvalue weighted by atomic mass is 16.5. The van der Waals surface area contributed by atoms with E-state index in [0.29, 0.717) is 18.9 Å². The van der Waals surface area contributed by atoms with Gasteiger partial charge in [0.25, 0.3) is 0 Å². The van der Waals surface area contributed by atoms with Gasteiger partial charge in [-0.25, -0.2) is 0 Å². The van der Waals surface area contributed by atoms with Crippen molar-refractivity contribution in [1.82, 2.24) is 0 Å². The minimum Gasteiger partial charge on any atom is -0.465 e. The first-order valence-corrected chi connectivity index (χ1v) is 5.55. The lowest BCUT2D eigenvalue weighted by Crippen LogP contribution is -2.37. The van der Waals surface area contributed by atoms with E-state index in [0.717, 1.165) is 0 Å². The van der Waals surface area contributed by atoms with Gasteiger partial charge in [0.15, 0.2) is 0 Å². The summed E-state index contributed by atoms with van der Waals surface area (Å²) in [4.78, 5) is 22.1. The van der Waals surface area contributed by atoms with Crippen LogP contribution in [0.4, 0.5) is 0 Å². The monoisotopic (exact) mass is 230 g/mol. The number of amides is 1. The van der Waals surface area contributed by atoms with Crippen LogP contribution in [0, 0.1) is 11.8 Å². The number of hydrogen-bond acceptors (Lipinski definition) is 4. The van der Waals surface area contributed by atoms with Crippen molar-refractivity contribution in [3.63, 3.8) is 0 Å². The van der Waals surface area contributed by atoms with Crippen LogP contribution in [0.1, 0.15) is 33.6 Å². The highest BCUT2D eigenvalue weighted by Crippen LogP contribution is 2.07. The molecule has 0 spiro atoms. The van der Waals surface area contributed by atoms with E-state index in [1.165, 1.54) is 0 Å². The van der Waals surface area contributed by atoms with Crippen LogP contribution < -0.4 is 11.5 Å². The molecule has 5 heteroatoms. The Balaban J connectivity index is 3.79. The van der Waals surface area contributed by atoms with E-state index in [9.17, 15) is 9.59 Å². The molecule has 94 valence electrons. The molecule has 0 fully saturated rings. The fraction of sp³-hybridized carbons (Fsp3) is 0.818. The van der Waals surface area contributed by atoms with Crippen LogP contribution in [0.3, 0.4) is 0 Å². The molecular formula is C11H22N2O3. The van der Waals surface area contributed by atoms with Crippen LogP contribution in [0.5, 0.6) is 0 Å². The van der Waals surface area contributed by atoms with Gasteiger partial charge in [0, 0.05) is 18.4 Å². The van der Waals surface area contributed by atoms with E-state index in [1.807, 2.05) is 13.8 Å². The molecule has 0 radical (unpaired) electrons. The van der Waals surface area contributed by atoms with E-state index >= 15 is 0 Å². The Hall–Kier alpha value is -1.10. The van der Waals surface area contributed by atoms with E-state index in [4.69, 9.17) is 16.2 Å². The first kappa shape index (κ1) is 14.9. The van der Waals surface area contributed by atoms with Crippen molar-refractivity contribution in [2.75, 3.05) is 6.61 Å². The zero-order chi connectivity index (χ0) is 12.7. The highest BCUT2D eigenvalue weighted by Gasteiger charge is 2.19. The van der Waals surface area contributed by atoms with E-state index in [2.05, 4.69) is 0 Å². The summed E-state index contributed by atoms with van der Waals surface area (Å²) in [7, 11) is 0. The predicted octanol–water partition coefficient (Wildman–Crippen LogP) is 0.415. The number of nitrogens with two attached hydrogens (primary N) is 2. The molecule has 0 aliphatic rings. The van der Waals surface area contributed by atoms with Gasteiger partial charge in [0.1, 0.15) is 0 Å². The SMILES string of the molecule is CC(C)COC(=O)CC[C@H](N)C(C)C(N)=O. The number of carbonyl (C=O) groups is 2. The van der Waals surface area contributed by atoms with Crippen molar-refractivity contribution in [3.8, 4) is 0 Å². The fourth-order valence-corrected chi connectivity index (χ4v) is 1.08. The summed E-state index contributed by atoms with van der Waals surface area (Å²) in [6.45, 7) is 6.01. The number of esters is 1. The average Bonchev–Trinajstić information content (AvgIpc) is 2.21. The zero-order valence-electron chi connectivity index (χ0n) is 10.2. The minimum atomic E-state index is -0.442. The molecular weight excluding hydrogens is 208 g/mol. The molecule has 0 aliphatic heterocycles. The molecule has 0 aromatic heterocycles. The van der Waals surface area contributed by atoms with Gasteiger partial charge in [-0.2, -0.15) is 0 Å². The number of hydrogen-bond donors (Lipinski definition) is 2. The van der Waals surface area contributed by atoms with Gasteiger partial charge in [0.2, 0.25) is 5.91 Å². The maximum Gasteiger partial charge on any atom is 0.305 e. The molecule has 0 bridgehead atoms. The van der Waals surface area contributed by atoms with Crippen LogP contribution in [-0.2, 0) is 14.3 Å². The molecule has 0 rings (SSSR count). The van der Waals surface area contributed by atoms with E-state index in [-0.39, 0.29) is 18.4 Å². The van der Waals surface area contributed by atoms with Gasteiger partial charge in [-0.05, 0) is 12.3 Å². The molecule has 1 amide bonds. The Kier molecular flexibility index (Phi) is 6.72. The lowest BCUT2D eigenvalue weighted by Gasteiger charge is -2.16. The van der Waals surface area contributed by atoms with Gasteiger partial charge < -0.3 is 16.2 Å². The Morgan fingerprint density at radius 1 is 1.25 bits per heavy atom. The van der Waals surface area contributed by atoms with Crippen LogP contribution >= 0.6 is 0 Å². The Labute approximate surface area is 96.5 Å². The standard InChI is InChI=1S/C11H22N2O3/c1-7(2)6-16-10(14)5-4-9(12)8(3)11(13)15/h7-9H,4-6,12H2,1-3H3,(H2,13,15)/t8?,9-/m0/s1. The molecule has 0 aromatic carbocycles. The first-order chi connectivity index (χ1) is 7.34. The summed E-state index contributed by atoms with van der Waals surface area (Å²) in [5.74, 6) is -0.816. The average molecular weight is 230 g/mol. The Morgan fingerprint density at radius 3 is 2.25 bits per heavy atom. The van der Waals surface area contributed by atoms with Crippen LogP contribution in [0.2, 0.25) is 0 Å². The maximum atomic E-state index is 11.3. The van der Waals surface area contributed by atoms with Crippen LogP contribution in [0.15, 0.2) is 0 Å². The fourth-order valence-electron chi connectivity index (χ4n) is 1.08. The second-order valence-electron chi connectivity index (χ2n) is 4.47. The summed E-state index contributed by atoms with van der Waals surface area (Å²) in [5.41, 5.74) is 10.8. The second kappa shape index (κ2) is 7.22. The summed E-state index contributed by atoms with van der Waals surface area (Å²) in [6.07, 6.45) is 0.645. The van der Waals surface area contributed by atoms with E-state index in [1.54, 1.807) is 6.92 Å². The molecule has 16 heavy (non-hydrogen) atoms. The summed E-state index contributed by atoms with van der Waals surface area (Å²) in [5, 5.41) is 0. The van der Waals surface area contributed by atoms with Crippen molar-refractivity contribution in [1.29, 1.82) is 0 Å². The molecule has 1 unspecified atom stereocenters. The second-order valence-corrected chi connectivity index (χ2v) is 4.47. The van der Waals surface area contributed by atoms with Crippen molar-refractivity contribution in [3.05, 3.63) is 0 Å². The van der Waals surface area contributed by atoms with Crippen LogP contribution in [-0.4, -0.2) is 24.5 Å². The number of primary amides is 1. The summed E-state index contributed by atoms with van der Waals surface area (Å²) < 4.78 is 4.98. The molecule has 0 aromatic rings. The molecule has 5 nitrogen and oxygen atoms in total. The number of rotatable bonds is 7. The highest BCUT2D eigenvalue weighted by molar-refractivity contribution is 5.77. The normalized spacial score (nSPS) is 14.6. The smallest absolute Gasteiger partial charge is 0.305 e. The molecule has 4 N–H and O–H groups in total. The molecule has 0 saturated carbocycles. The van der Waals surface area contributed by atoms with Gasteiger partial charge in [-0.1, -0.05) is 20.8 Å². The van der Waals surface area contributed by atoms with Gasteiger partial charge in [-0.3, -0.25) is 9.59 Å². The molecule has 0 heterocycles. The van der Waals surface area contributed by atoms with Crippen LogP contribution in [0.25, 0.3) is 0 Å². The first-order valence-electron chi connectivity index (χ1n) is 5.55. The lowest BCUT2D eigenvalue weighted by atomic mass is 9.98. The summed E-state index contributed by atoms with van der Waals surface area (Å²) >= 11 is 0. The Morgan fingerprint density at radius 2 is 1.81 bits per heavy atom. The van der Waals surface area contributed by atoms with Gasteiger partial charge in [-0.15, -0.1) is 0 Å². The molecule has 0 saturated heterocycles. The van der Waals surface area contributed by atoms with Crippen molar-refractivity contribution in [2.45, 2.75) is 39.7 Å². The third-order valence-electron chi connectivity index (χ3n) is 2.35. The quantitative estimate of drug-likeness (QED) is 0.619. The van der Waals surface area contributed by atoms with Gasteiger partial charge in [0.05, 0.1) is 6.61 Å². The van der Waals surface area contributed by atoms with Crippen molar-refractivity contribution >= 4 is 11.9 Å². The third-order valence-corrected chi connectivity index (χ3v) is 2.35. The van der Waals surface area contributed by atoms with Crippen molar-refractivity contribution in [2.24, 2.45) is 23.3 Å². The van der Waals surface area contributed by atoms with Crippen molar-refractivity contribution < 1.29 is 14.3 Å². The largest absolute Gasteiger partial charge is 0.465 e. The Bertz CT molecular complexity index is 241. The minimum absolute atomic E-state index is 0.228. The molecule has 0 aliphatic carbocycles. The van der Waals surface area contributed by atoms with E-state index < -0.39 is 11.8 Å². The topological polar surface area (TPSA) is 95.4 Å². The lowest BCUT2D eigenvalue weighted by molar-refractivity contribution is -0.145. The summed E-state index contributed by atoms with van der Waals surface area (Å²) in [6, 6.07) is -0.385.